The minimum atomic E-state index is -0.248. The summed E-state index contributed by atoms with van der Waals surface area (Å²) in [4.78, 5) is 0. The zero-order valence-electron chi connectivity index (χ0n) is 13.5. The van der Waals surface area contributed by atoms with E-state index < -0.39 is 0 Å². The topological polar surface area (TPSA) is 39.9 Å². The molecule has 1 heterocycles. The van der Waals surface area contributed by atoms with Crippen LogP contribution < -0.4 is 4.74 Å². The number of fused-ring (bicyclic) bond motifs is 1. The Morgan fingerprint density at radius 3 is 2.56 bits per heavy atom. The molecule has 0 radical (unpaired) electrons. The van der Waals surface area contributed by atoms with Crippen molar-refractivity contribution < 1.29 is 9.13 Å². The van der Waals surface area contributed by atoms with Crippen LogP contribution in [-0.2, 0) is 13.2 Å². The first kappa shape index (κ1) is 15.3. The molecule has 0 saturated heterocycles. The molecule has 0 fully saturated rings. The third-order valence-electron chi connectivity index (χ3n) is 4.05. The van der Waals surface area contributed by atoms with Crippen molar-refractivity contribution in [3.8, 4) is 5.75 Å². The molecule has 0 bridgehead atoms. The van der Waals surface area contributed by atoms with E-state index in [0.29, 0.717) is 13.2 Å². The predicted molar refractivity (Wildman–Crippen MR) is 93.8 cm³/mol. The fourth-order valence-electron chi connectivity index (χ4n) is 2.70. The third kappa shape index (κ3) is 3.50. The maximum absolute atomic E-state index is 13.0. The highest BCUT2D eigenvalue weighted by Crippen LogP contribution is 2.21. The first-order valence-electron chi connectivity index (χ1n) is 8.01. The zero-order chi connectivity index (χ0) is 17.1. The van der Waals surface area contributed by atoms with Gasteiger partial charge in [0.15, 0.2) is 0 Å². The smallest absolute Gasteiger partial charge is 0.132 e. The van der Waals surface area contributed by atoms with E-state index in [1.165, 1.54) is 17.5 Å². The van der Waals surface area contributed by atoms with E-state index in [9.17, 15) is 4.39 Å². The Morgan fingerprint density at radius 2 is 1.72 bits per heavy atom. The molecule has 0 aliphatic rings. The van der Waals surface area contributed by atoms with E-state index in [0.717, 1.165) is 22.4 Å². The number of benzene rings is 3. The Labute approximate surface area is 144 Å². The molecule has 4 rings (SSSR count). The number of ether oxygens (including phenoxy) is 1. The predicted octanol–water partition coefficient (Wildman–Crippen LogP) is 4.20. The summed E-state index contributed by atoms with van der Waals surface area (Å²) >= 11 is 0. The number of aromatic nitrogens is 3. The molecule has 4 nitrogen and oxygen atoms in total. The highest BCUT2D eigenvalue weighted by Gasteiger charge is 2.06. The van der Waals surface area contributed by atoms with Crippen LogP contribution in [0.1, 0.15) is 11.3 Å². The Bertz CT molecular complexity index is 995. The molecule has 4 aromatic rings. The van der Waals surface area contributed by atoms with Crippen LogP contribution in [0.2, 0.25) is 0 Å². The van der Waals surface area contributed by atoms with Gasteiger partial charge in [0.2, 0.25) is 0 Å². The lowest BCUT2D eigenvalue weighted by molar-refractivity contribution is 0.293. The van der Waals surface area contributed by atoms with Crippen LogP contribution >= 0.6 is 0 Å². The normalized spacial score (nSPS) is 10.9. The molecule has 0 N–H and O–H groups in total. The van der Waals surface area contributed by atoms with Crippen LogP contribution in [0.3, 0.4) is 0 Å². The quantitative estimate of drug-likeness (QED) is 0.549. The summed E-state index contributed by atoms with van der Waals surface area (Å²) in [5.74, 6) is 0.551. The summed E-state index contributed by atoms with van der Waals surface area (Å²) < 4.78 is 20.7. The van der Waals surface area contributed by atoms with Crippen molar-refractivity contribution >= 4 is 10.8 Å². The lowest BCUT2D eigenvalue weighted by Crippen LogP contribution is -2.09. The van der Waals surface area contributed by atoms with E-state index in [-0.39, 0.29) is 5.82 Å². The van der Waals surface area contributed by atoms with Gasteiger partial charge in [-0.3, -0.25) is 0 Å². The van der Waals surface area contributed by atoms with Crippen LogP contribution in [0.4, 0.5) is 4.39 Å². The number of hydrogen-bond acceptors (Lipinski definition) is 3. The fourth-order valence-corrected chi connectivity index (χ4v) is 2.70. The molecule has 0 amide bonds. The monoisotopic (exact) mass is 333 g/mol. The van der Waals surface area contributed by atoms with Gasteiger partial charge in [-0.1, -0.05) is 47.7 Å². The van der Waals surface area contributed by atoms with Gasteiger partial charge in [0.1, 0.15) is 18.2 Å². The average molecular weight is 333 g/mol. The van der Waals surface area contributed by atoms with Crippen LogP contribution in [0.15, 0.2) is 72.9 Å². The van der Waals surface area contributed by atoms with Gasteiger partial charge in [-0.25, -0.2) is 9.07 Å². The maximum atomic E-state index is 13.0. The second-order valence-electron chi connectivity index (χ2n) is 5.81. The van der Waals surface area contributed by atoms with Crippen molar-refractivity contribution in [1.29, 1.82) is 0 Å². The van der Waals surface area contributed by atoms with Crippen LogP contribution in [0.5, 0.6) is 5.75 Å². The fraction of sp³-hybridized carbons (Fsp3) is 0.100. The van der Waals surface area contributed by atoms with Crippen LogP contribution in [0.25, 0.3) is 10.8 Å². The van der Waals surface area contributed by atoms with Gasteiger partial charge < -0.3 is 4.74 Å². The Hall–Kier alpha value is -3.21. The molecule has 0 unspecified atom stereocenters. The van der Waals surface area contributed by atoms with Gasteiger partial charge in [0, 0.05) is 0 Å². The number of rotatable bonds is 5. The van der Waals surface area contributed by atoms with Crippen LogP contribution in [0, 0.1) is 5.82 Å². The minimum absolute atomic E-state index is 0.248. The summed E-state index contributed by atoms with van der Waals surface area (Å²) in [6, 6.07) is 20.5. The summed E-state index contributed by atoms with van der Waals surface area (Å²) in [5, 5.41) is 10.4. The Balaban J connectivity index is 1.47. The van der Waals surface area contributed by atoms with Crippen molar-refractivity contribution in [2.24, 2.45) is 0 Å². The van der Waals surface area contributed by atoms with Gasteiger partial charge in [0.05, 0.1) is 18.4 Å². The third-order valence-corrected chi connectivity index (χ3v) is 4.05. The molecule has 3 aromatic carbocycles. The highest BCUT2D eigenvalue weighted by atomic mass is 19.1. The summed E-state index contributed by atoms with van der Waals surface area (Å²) in [6.07, 6.45) is 1.69. The number of nitrogens with zero attached hydrogens (tertiary/aromatic N) is 3. The lowest BCUT2D eigenvalue weighted by atomic mass is 10.1. The van der Waals surface area contributed by atoms with Crippen molar-refractivity contribution in [2.45, 2.75) is 13.2 Å². The Kier molecular flexibility index (Phi) is 4.12. The Morgan fingerprint density at radius 1 is 0.920 bits per heavy atom. The summed E-state index contributed by atoms with van der Waals surface area (Å²) in [7, 11) is 0. The number of hydrogen-bond donors (Lipinski definition) is 0. The second-order valence-corrected chi connectivity index (χ2v) is 5.81. The molecule has 25 heavy (non-hydrogen) atoms. The average Bonchev–Trinajstić information content (AvgIpc) is 3.09. The first-order valence-corrected chi connectivity index (χ1v) is 8.01. The zero-order valence-corrected chi connectivity index (χ0v) is 13.5. The number of halogens is 1. The lowest BCUT2D eigenvalue weighted by Gasteiger charge is -2.09. The van der Waals surface area contributed by atoms with Gasteiger partial charge in [-0.05, 0) is 40.6 Å². The molecular weight excluding hydrogens is 317 g/mol. The van der Waals surface area contributed by atoms with Gasteiger partial charge in [0.25, 0.3) is 0 Å². The molecule has 5 heteroatoms. The van der Waals surface area contributed by atoms with Crippen molar-refractivity contribution in [3.05, 3.63) is 90.0 Å². The van der Waals surface area contributed by atoms with E-state index in [2.05, 4.69) is 22.4 Å². The van der Waals surface area contributed by atoms with Gasteiger partial charge in [-0.15, -0.1) is 5.10 Å². The van der Waals surface area contributed by atoms with E-state index >= 15 is 0 Å². The van der Waals surface area contributed by atoms with Gasteiger partial charge in [-0.2, -0.15) is 0 Å². The molecule has 0 atom stereocenters. The summed E-state index contributed by atoms with van der Waals surface area (Å²) in [5.41, 5.74) is 1.82. The molecule has 124 valence electrons. The minimum Gasteiger partial charge on any atom is -0.487 e. The van der Waals surface area contributed by atoms with E-state index in [1.54, 1.807) is 23.0 Å². The van der Waals surface area contributed by atoms with E-state index in [4.69, 9.17) is 4.74 Å². The SMILES string of the molecule is Fc1ccc(Cn2nncc2COc2ccc3ccccc3c2)cc1. The molecular formula is C20H16FN3O. The maximum Gasteiger partial charge on any atom is 0.132 e. The molecule has 0 aliphatic heterocycles. The first-order chi connectivity index (χ1) is 12.3. The molecule has 0 saturated carbocycles. The van der Waals surface area contributed by atoms with Crippen LogP contribution in [-0.4, -0.2) is 15.0 Å². The standard InChI is InChI=1S/C20H16FN3O/c21-18-8-5-15(6-9-18)13-24-19(12-22-23-24)14-25-20-10-7-16-3-1-2-4-17(16)11-20/h1-12H,13-14H2. The van der Waals surface area contributed by atoms with Crippen molar-refractivity contribution in [2.75, 3.05) is 0 Å². The second kappa shape index (κ2) is 6.73. The molecule has 0 spiro atoms. The largest absolute Gasteiger partial charge is 0.487 e. The highest BCUT2D eigenvalue weighted by molar-refractivity contribution is 5.83. The molecule has 0 aliphatic carbocycles. The van der Waals surface area contributed by atoms with Crippen molar-refractivity contribution in [3.63, 3.8) is 0 Å². The molecule has 1 aromatic heterocycles. The summed E-state index contributed by atoms with van der Waals surface area (Å²) in [6.45, 7) is 0.892. The van der Waals surface area contributed by atoms with Crippen molar-refractivity contribution in [1.82, 2.24) is 15.0 Å². The van der Waals surface area contributed by atoms with E-state index in [1.807, 2.05) is 30.3 Å². The van der Waals surface area contributed by atoms with Gasteiger partial charge >= 0.3 is 0 Å².